The molecule has 3 heterocycles. The van der Waals surface area contributed by atoms with E-state index in [1.54, 1.807) is 12.1 Å². The van der Waals surface area contributed by atoms with Crippen molar-refractivity contribution in [2.75, 3.05) is 13.1 Å². The van der Waals surface area contributed by atoms with Gasteiger partial charge < -0.3 is 19.2 Å². The van der Waals surface area contributed by atoms with Gasteiger partial charge in [0.15, 0.2) is 5.76 Å². The van der Waals surface area contributed by atoms with Crippen molar-refractivity contribution >= 4 is 22.8 Å². The van der Waals surface area contributed by atoms with E-state index in [1.165, 1.54) is 19.1 Å². The third kappa shape index (κ3) is 4.18. The Morgan fingerprint density at radius 3 is 2.59 bits per heavy atom. The first-order valence-corrected chi connectivity index (χ1v) is 10.2. The highest BCUT2D eigenvalue weighted by Crippen LogP contribution is 2.22. The van der Waals surface area contributed by atoms with E-state index in [9.17, 15) is 9.59 Å². The zero-order valence-electron chi connectivity index (χ0n) is 16.6. The Balaban J connectivity index is 1.60. The average molecular weight is 394 g/mol. The number of hydrogen-bond acceptors (Lipinski definition) is 4. The number of amides is 2. The summed E-state index contributed by atoms with van der Waals surface area (Å²) in [5.41, 5.74) is 1.70. The lowest BCUT2D eigenvalue weighted by atomic mass is 10.2. The van der Waals surface area contributed by atoms with Gasteiger partial charge >= 0.3 is 0 Å². The minimum absolute atomic E-state index is 0.0980. The topological polar surface area (TPSA) is 80.4 Å². The fraction of sp³-hybridized carbons (Fsp3) is 0.409. The second-order valence-electron chi connectivity index (χ2n) is 7.51. The molecule has 1 unspecified atom stereocenters. The number of furan rings is 1. The van der Waals surface area contributed by atoms with Gasteiger partial charge in [-0.3, -0.25) is 9.59 Å². The number of likely N-dealkylation sites (tertiary alicyclic amines) is 1. The number of fused-ring (bicyclic) bond motifs is 1. The van der Waals surface area contributed by atoms with Gasteiger partial charge in [-0.2, -0.15) is 0 Å². The van der Waals surface area contributed by atoms with Crippen molar-refractivity contribution < 1.29 is 14.0 Å². The van der Waals surface area contributed by atoms with Crippen molar-refractivity contribution in [3.63, 3.8) is 0 Å². The number of imidazole rings is 1. The van der Waals surface area contributed by atoms with Crippen LogP contribution in [0.4, 0.5) is 0 Å². The van der Waals surface area contributed by atoms with Crippen molar-refractivity contribution in [3.05, 3.63) is 54.2 Å². The maximum Gasteiger partial charge on any atom is 0.287 e. The molecular weight excluding hydrogens is 368 g/mol. The van der Waals surface area contributed by atoms with E-state index in [4.69, 9.17) is 9.40 Å². The van der Waals surface area contributed by atoms with Crippen LogP contribution < -0.4 is 5.32 Å². The molecule has 29 heavy (non-hydrogen) atoms. The molecule has 7 heteroatoms. The van der Waals surface area contributed by atoms with Crippen molar-refractivity contribution in [2.45, 2.75) is 45.2 Å². The molecule has 1 aromatic carbocycles. The van der Waals surface area contributed by atoms with Gasteiger partial charge in [-0.05, 0) is 44.0 Å². The maximum atomic E-state index is 13.0. The normalized spacial score (nSPS) is 15.8. The predicted octanol–water partition coefficient (Wildman–Crippen LogP) is 3.52. The second kappa shape index (κ2) is 8.51. The minimum Gasteiger partial charge on any atom is -0.459 e. The van der Waals surface area contributed by atoms with Crippen LogP contribution in [0.25, 0.3) is 11.0 Å². The lowest BCUT2D eigenvalue weighted by molar-refractivity contribution is -0.131. The summed E-state index contributed by atoms with van der Waals surface area (Å²) in [6.45, 7) is 3.71. The summed E-state index contributed by atoms with van der Waals surface area (Å²) in [5.74, 6) is 0.704. The van der Waals surface area contributed by atoms with Crippen LogP contribution in [-0.2, 0) is 11.3 Å². The highest BCUT2D eigenvalue weighted by atomic mass is 16.3. The molecule has 0 aliphatic carbocycles. The molecule has 1 aliphatic heterocycles. The molecule has 0 bridgehead atoms. The van der Waals surface area contributed by atoms with Gasteiger partial charge in [-0.25, -0.2) is 4.98 Å². The standard InChI is InChI=1S/C22H26N4O3/c1-16(23-22(28)19-11-8-14-29-19)21-24-17-9-4-5-10-18(17)26(21)15-20(27)25-12-6-2-3-7-13-25/h4-5,8-11,14,16H,2-3,6-7,12-13,15H2,1H3,(H,23,28). The van der Waals surface area contributed by atoms with E-state index in [0.29, 0.717) is 5.82 Å². The molecule has 0 spiro atoms. The average Bonchev–Trinajstić information content (AvgIpc) is 3.29. The summed E-state index contributed by atoms with van der Waals surface area (Å²) in [6, 6.07) is 10.7. The molecule has 1 atom stereocenters. The Kier molecular flexibility index (Phi) is 5.64. The number of benzene rings is 1. The molecule has 1 aliphatic rings. The van der Waals surface area contributed by atoms with E-state index in [0.717, 1.165) is 37.0 Å². The summed E-state index contributed by atoms with van der Waals surface area (Å²) in [7, 11) is 0. The van der Waals surface area contributed by atoms with E-state index in [2.05, 4.69) is 5.32 Å². The molecule has 3 aromatic rings. The summed E-state index contributed by atoms with van der Waals surface area (Å²) in [6.07, 6.45) is 5.93. The van der Waals surface area contributed by atoms with Gasteiger partial charge in [-0.15, -0.1) is 0 Å². The Hall–Kier alpha value is -3.09. The first kappa shape index (κ1) is 19.2. The summed E-state index contributed by atoms with van der Waals surface area (Å²) < 4.78 is 7.10. The molecule has 7 nitrogen and oxygen atoms in total. The fourth-order valence-corrected chi connectivity index (χ4v) is 3.89. The summed E-state index contributed by atoms with van der Waals surface area (Å²) in [4.78, 5) is 32.1. The zero-order valence-corrected chi connectivity index (χ0v) is 16.6. The van der Waals surface area contributed by atoms with E-state index < -0.39 is 0 Å². The SMILES string of the molecule is CC(NC(=O)c1ccco1)c1nc2ccccc2n1CC(=O)N1CCCCCC1. The number of aromatic nitrogens is 2. The van der Waals surface area contributed by atoms with Gasteiger partial charge in [0.05, 0.1) is 23.3 Å². The molecule has 4 rings (SSSR count). The molecule has 1 fully saturated rings. The number of carbonyl (C=O) groups excluding carboxylic acids is 2. The maximum absolute atomic E-state index is 13.0. The minimum atomic E-state index is -0.378. The molecule has 0 radical (unpaired) electrons. The van der Waals surface area contributed by atoms with Gasteiger partial charge in [0.1, 0.15) is 12.4 Å². The number of para-hydroxylation sites is 2. The van der Waals surface area contributed by atoms with Crippen LogP contribution in [0.2, 0.25) is 0 Å². The molecule has 0 saturated carbocycles. The molecule has 2 amide bonds. The van der Waals surface area contributed by atoms with E-state index >= 15 is 0 Å². The molecule has 152 valence electrons. The second-order valence-corrected chi connectivity index (χ2v) is 7.51. The van der Waals surface area contributed by atoms with Crippen LogP contribution >= 0.6 is 0 Å². The summed E-state index contributed by atoms with van der Waals surface area (Å²) >= 11 is 0. The van der Waals surface area contributed by atoms with Crippen LogP contribution in [0.1, 0.15) is 55.0 Å². The lowest BCUT2D eigenvalue weighted by Gasteiger charge is -2.22. The van der Waals surface area contributed by atoms with Crippen LogP contribution in [-0.4, -0.2) is 39.4 Å². The van der Waals surface area contributed by atoms with Gasteiger partial charge in [0, 0.05) is 13.1 Å². The number of nitrogens with one attached hydrogen (secondary N) is 1. The van der Waals surface area contributed by atoms with Crippen molar-refractivity contribution in [1.29, 1.82) is 0 Å². The number of hydrogen-bond donors (Lipinski definition) is 1. The van der Waals surface area contributed by atoms with E-state index in [-0.39, 0.29) is 30.2 Å². The Bertz CT molecular complexity index is 985. The van der Waals surface area contributed by atoms with Crippen molar-refractivity contribution in [2.24, 2.45) is 0 Å². The third-order valence-corrected chi connectivity index (χ3v) is 5.42. The highest BCUT2D eigenvalue weighted by Gasteiger charge is 2.23. The number of rotatable bonds is 5. The van der Waals surface area contributed by atoms with Crippen molar-refractivity contribution in [3.8, 4) is 0 Å². The quantitative estimate of drug-likeness (QED) is 0.718. The summed E-state index contributed by atoms with van der Waals surface area (Å²) in [5, 5.41) is 2.92. The lowest BCUT2D eigenvalue weighted by Crippen LogP contribution is -2.36. The van der Waals surface area contributed by atoms with Crippen LogP contribution in [0.3, 0.4) is 0 Å². The van der Waals surface area contributed by atoms with Crippen LogP contribution in [0, 0.1) is 0 Å². The molecule has 1 N–H and O–H groups in total. The first-order chi connectivity index (χ1) is 14.1. The van der Waals surface area contributed by atoms with Crippen LogP contribution in [0.15, 0.2) is 47.1 Å². The Morgan fingerprint density at radius 1 is 1.10 bits per heavy atom. The molecule has 2 aromatic heterocycles. The smallest absolute Gasteiger partial charge is 0.287 e. The van der Waals surface area contributed by atoms with Gasteiger partial charge in [0.2, 0.25) is 5.91 Å². The Labute approximate surface area is 169 Å². The zero-order chi connectivity index (χ0) is 20.2. The van der Waals surface area contributed by atoms with Gasteiger partial charge in [-0.1, -0.05) is 25.0 Å². The predicted molar refractivity (Wildman–Crippen MR) is 109 cm³/mol. The molecule has 1 saturated heterocycles. The monoisotopic (exact) mass is 394 g/mol. The number of carbonyl (C=O) groups is 2. The first-order valence-electron chi connectivity index (χ1n) is 10.2. The third-order valence-electron chi connectivity index (χ3n) is 5.42. The fourth-order valence-electron chi connectivity index (χ4n) is 3.89. The molecular formula is C22H26N4O3. The van der Waals surface area contributed by atoms with Crippen LogP contribution in [0.5, 0.6) is 0 Å². The highest BCUT2D eigenvalue weighted by molar-refractivity contribution is 5.91. The van der Waals surface area contributed by atoms with Crippen molar-refractivity contribution in [1.82, 2.24) is 19.8 Å². The Morgan fingerprint density at radius 2 is 1.86 bits per heavy atom. The van der Waals surface area contributed by atoms with Gasteiger partial charge in [0.25, 0.3) is 5.91 Å². The number of nitrogens with zero attached hydrogens (tertiary/aromatic N) is 3. The largest absolute Gasteiger partial charge is 0.459 e. The van der Waals surface area contributed by atoms with E-state index in [1.807, 2.05) is 40.7 Å².